The molecule has 0 unspecified atom stereocenters. The summed E-state index contributed by atoms with van der Waals surface area (Å²) in [5.41, 5.74) is 3.17. The maximum Gasteiger partial charge on any atom is 0.255 e. The Labute approximate surface area is 174 Å². The molecule has 29 heavy (non-hydrogen) atoms. The van der Waals surface area contributed by atoms with Crippen molar-refractivity contribution >= 4 is 33.1 Å². The Morgan fingerprint density at radius 1 is 1.07 bits per heavy atom. The Balaban J connectivity index is 1.60. The molecule has 1 atom stereocenters. The first-order valence-corrected chi connectivity index (χ1v) is 10.5. The highest BCUT2D eigenvalue weighted by atomic mass is 32.1. The van der Waals surface area contributed by atoms with Crippen LogP contribution >= 0.6 is 11.3 Å². The van der Waals surface area contributed by atoms with Crippen molar-refractivity contribution in [2.75, 3.05) is 5.32 Å². The lowest BCUT2D eigenvalue weighted by Crippen LogP contribution is -2.14. The van der Waals surface area contributed by atoms with Gasteiger partial charge in [0.2, 0.25) is 0 Å². The van der Waals surface area contributed by atoms with Gasteiger partial charge in [-0.1, -0.05) is 37.3 Å². The molecule has 0 aliphatic carbocycles. The molecule has 0 fully saturated rings. The van der Waals surface area contributed by atoms with Gasteiger partial charge in [0.1, 0.15) is 10.8 Å². The Hall–Kier alpha value is -3.18. The summed E-state index contributed by atoms with van der Waals surface area (Å²) in [6.07, 6.45) is 1.01. The minimum Gasteiger partial charge on any atom is -0.491 e. The van der Waals surface area contributed by atoms with Crippen molar-refractivity contribution in [2.24, 2.45) is 0 Å². The van der Waals surface area contributed by atoms with Crippen LogP contribution in [0.25, 0.3) is 20.8 Å². The lowest BCUT2D eigenvalue weighted by atomic mass is 10.1. The van der Waals surface area contributed by atoms with Crippen molar-refractivity contribution in [3.8, 4) is 16.3 Å². The average molecular weight is 403 g/mol. The number of carbonyl (C=O) groups is 1. The fraction of sp³-hybridized carbons (Fsp3) is 0.167. The highest BCUT2D eigenvalue weighted by Crippen LogP contribution is 2.34. The van der Waals surface area contributed by atoms with E-state index in [1.165, 1.54) is 0 Å². The molecule has 0 saturated heterocycles. The number of nitrogens with zero attached hydrogens (tertiary/aromatic N) is 1. The molecule has 0 bridgehead atoms. The highest BCUT2D eigenvalue weighted by Gasteiger charge is 2.14. The third-order valence-electron chi connectivity index (χ3n) is 4.71. The molecule has 0 aliphatic heterocycles. The van der Waals surface area contributed by atoms with Crippen molar-refractivity contribution in [2.45, 2.75) is 26.4 Å². The summed E-state index contributed by atoms with van der Waals surface area (Å²) in [5.74, 6) is 0.527. The summed E-state index contributed by atoms with van der Waals surface area (Å²) >= 11 is 1.62. The van der Waals surface area contributed by atoms with E-state index in [1.807, 2.05) is 61.5 Å². The van der Waals surface area contributed by atoms with Crippen LogP contribution in [0, 0.1) is 0 Å². The van der Waals surface area contributed by atoms with Gasteiger partial charge in [0.05, 0.1) is 22.0 Å². The normalized spacial score (nSPS) is 11.9. The second-order valence-corrected chi connectivity index (χ2v) is 7.88. The van der Waals surface area contributed by atoms with Crippen LogP contribution < -0.4 is 10.1 Å². The van der Waals surface area contributed by atoms with Gasteiger partial charge >= 0.3 is 0 Å². The minimum atomic E-state index is -0.173. The second-order valence-electron chi connectivity index (χ2n) is 6.85. The SMILES string of the molecule is CC[C@H](C)Oc1cccc(C(=O)Nc2ccccc2-c2nc3ccccc3s2)c1. The van der Waals surface area contributed by atoms with E-state index in [0.717, 1.165) is 32.9 Å². The number of fused-ring (bicyclic) bond motifs is 1. The first kappa shape index (κ1) is 19.2. The molecular weight excluding hydrogens is 380 g/mol. The monoisotopic (exact) mass is 402 g/mol. The van der Waals surface area contributed by atoms with Crippen molar-refractivity contribution in [1.82, 2.24) is 4.98 Å². The molecule has 1 heterocycles. The van der Waals surface area contributed by atoms with Crippen LogP contribution in [0.1, 0.15) is 30.6 Å². The van der Waals surface area contributed by atoms with Gasteiger partial charge in [-0.05, 0) is 55.8 Å². The third kappa shape index (κ3) is 4.30. The fourth-order valence-electron chi connectivity index (χ4n) is 2.99. The molecule has 1 aromatic heterocycles. The summed E-state index contributed by atoms with van der Waals surface area (Å²) < 4.78 is 6.97. The number of hydrogen-bond donors (Lipinski definition) is 1. The summed E-state index contributed by atoms with van der Waals surface area (Å²) in [6, 6.07) is 23.1. The molecule has 4 rings (SSSR count). The number of carbonyl (C=O) groups excluding carboxylic acids is 1. The highest BCUT2D eigenvalue weighted by molar-refractivity contribution is 7.21. The van der Waals surface area contributed by atoms with Crippen molar-refractivity contribution in [3.63, 3.8) is 0 Å². The Morgan fingerprint density at radius 2 is 1.86 bits per heavy atom. The molecule has 1 amide bonds. The molecule has 146 valence electrons. The van der Waals surface area contributed by atoms with Crippen molar-refractivity contribution < 1.29 is 9.53 Å². The smallest absolute Gasteiger partial charge is 0.255 e. The van der Waals surface area contributed by atoms with Gasteiger partial charge in [0.25, 0.3) is 5.91 Å². The van der Waals surface area contributed by atoms with Gasteiger partial charge in [-0.15, -0.1) is 11.3 Å². The number of para-hydroxylation sites is 2. The van der Waals surface area contributed by atoms with E-state index in [-0.39, 0.29) is 12.0 Å². The zero-order chi connectivity index (χ0) is 20.2. The molecule has 3 aromatic carbocycles. The predicted molar refractivity (Wildman–Crippen MR) is 120 cm³/mol. The summed E-state index contributed by atoms with van der Waals surface area (Å²) in [7, 11) is 0. The number of amides is 1. The minimum absolute atomic E-state index is 0.105. The van der Waals surface area contributed by atoms with Crippen LogP contribution in [0.3, 0.4) is 0 Å². The molecule has 4 aromatic rings. The van der Waals surface area contributed by atoms with Gasteiger partial charge in [-0.25, -0.2) is 4.98 Å². The maximum atomic E-state index is 12.9. The van der Waals surface area contributed by atoms with E-state index in [9.17, 15) is 4.79 Å². The van der Waals surface area contributed by atoms with Crippen LogP contribution in [-0.2, 0) is 0 Å². The van der Waals surface area contributed by atoms with Crippen LogP contribution in [0.4, 0.5) is 5.69 Å². The lowest BCUT2D eigenvalue weighted by Gasteiger charge is -2.14. The zero-order valence-electron chi connectivity index (χ0n) is 16.4. The number of nitrogens with one attached hydrogen (secondary N) is 1. The van der Waals surface area contributed by atoms with Crippen LogP contribution in [0.5, 0.6) is 5.75 Å². The van der Waals surface area contributed by atoms with Crippen LogP contribution in [0.2, 0.25) is 0 Å². The molecule has 0 spiro atoms. The topological polar surface area (TPSA) is 51.2 Å². The second kappa shape index (κ2) is 8.45. The molecule has 0 aliphatic rings. The van der Waals surface area contributed by atoms with Gasteiger partial charge in [-0.2, -0.15) is 0 Å². The third-order valence-corrected chi connectivity index (χ3v) is 5.78. The van der Waals surface area contributed by atoms with Crippen LogP contribution in [-0.4, -0.2) is 17.0 Å². The first-order chi connectivity index (χ1) is 14.1. The van der Waals surface area contributed by atoms with E-state index in [1.54, 1.807) is 23.5 Å². The van der Waals surface area contributed by atoms with Gasteiger partial charge in [-0.3, -0.25) is 4.79 Å². The molecule has 4 nitrogen and oxygen atoms in total. The number of benzene rings is 3. The Morgan fingerprint density at radius 3 is 2.69 bits per heavy atom. The molecule has 0 radical (unpaired) electrons. The van der Waals surface area contributed by atoms with E-state index in [2.05, 4.69) is 18.3 Å². The van der Waals surface area contributed by atoms with Crippen LogP contribution in [0.15, 0.2) is 72.8 Å². The summed E-state index contributed by atoms with van der Waals surface area (Å²) in [4.78, 5) is 17.6. The van der Waals surface area contributed by atoms with Gasteiger partial charge in [0, 0.05) is 11.1 Å². The van der Waals surface area contributed by atoms with E-state index in [0.29, 0.717) is 11.3 Å². The summed E-state index contributed by atoms with van der Waals surface area (Å²) in [5, 5.41) is 3.92. The Bertz CT molecular complexity index is 1120. The Kier molecular flexibility index (Phi) is 5.58. The standard InChI is InChI=1S/C24H22N2O2S/c1-3-16(2)28-18-10-8-9-17(15-18)23(27)25-20-12-5-4-11-19(20)24-26-21-13-6-7-14-22(21)29-24/h4-16H,3H2,1-2H3,(H,25,27)/t16-/m0/s1. The number of hydrogen-bond acceptors (Lipinski definition) is 4. The number of rotatable bonds is 6. The first-order valence-electron chi connectivity index (χ1n) is 9.67. The largest absolute Gasteiger partial charge is 0.491 e. The van der Waals surface area contributed by atoms with E-state index in [4.69, 9.17) is 9.72 Å². The molecule has 5 heteroatoms. The van der Waals surface area contributed by atoms with Gasteiger partial charge in [0.15, 0.2) is 0 Å². The molecule has 1 N–H and O–H groups in total. The predicted octanol–water partition coefficient (Wildman–Crippen LogP) is 6.39. The number of ether oxygens (including phenoxy) is 1. The summed E-state index contributed by atoms with van der Waals surface area (Å²) in [6.45, 7) is 4.08. The van der Waals surface area contributed by atoms with Gasteiger partial charge < -0.3 is 10.1 Å². The van der Waals surface area contributed by atoms with Crippen molar-refractivity contribution in [3.05, 3.63) is 78.4 Å². The molecule has 0 saturated carbocycles. The fourth-order valence-corrected chi connectivity index (χ4v) is 3.99. The zero-order valence-corrected chi connectivity index (χ0v) is 17.2. The number of anilines is 1. The van der Waals surface area contributed by atoms with Crippen molar-refractivity contribution in [1.29, 1.82) is 0 Å². The maximum absolute atomic E-state index is 12.9. The number of aromatic nitrogens is 1. The van der Waals surface area contributed by atoms with E-state index >= 15 is 0 Å². The van der Waals surface area contributed by atoms with E-state index < -0.39 is 0 Å². The lowest BCUT2D eigenvalue weighted by molar-refractivity contribution is 0.102. The molecular formula is C24H22N2O2S. The average Bonchev–Trinajstić information content (AvgIpc) is 3.18. The number of thiazole rings is 1. The quantitative estimate of drug-likeness (QED) is 0.406.